The number of pyridine rings is 1. The normalized spacial score (nSPS) is 24.4. The summed E-state index contributed by atoms with van der Waals surface area (Å²) in [5, 5.41) is 20.6. The van der Waals surface area contributed by atoms with Crippen molar-refractivity contribution in [2.45, 2.75) is 50.0 Å². The first kappa shape index (κ1) is 22.9. The fourth-order valence-corrected chi connectivity index (χ4v) is 5.33. The Kier molecular flexibility index (Phi) is 5.81. The van der Waals surface area contributed by atoms with E-state index in [2.05, 4.69) is 20.7 Å². The summed E-state index contributed by atoms with van der Waals surface area (Å²) in [6, 6.07) is 5.06. The average Bonchev–Trinajstić information content (AvgIpc) is 3.62. The first-order valence-electron chi connectivity index (χ1n) is 12.3. The summed E-state index contributed by atoms with van der Waals surface area (Å²) in [5.74, 6) is 1.01. The van der Waals surface area contributed by atoms with Crippen LogP contribution < -0.4 is 10.6 Å². The number of ether oxygens (including phenoxy) is 1. The number of rotatable bonds is 5. The van der Waals surface area contributed by atoms with Gasteiger partial charge in [0.25, 0.3) is 5.91 Å². The molecule has 0 aromatic carbocycles. The Morgan fingerprint density at radius 3 is 2.92 bits per heavy atom. The first-order chi connectivity index (χ1) is 17.5. The van der Waals surface area contributed by atoms with E-state index in [1.165, 1.54) is 6.20 Å². The van der Waals surface area contributed by atoms with Crippen LogP contribution in [0, 0.1) is 0 Å². The van der Waals surface area contributed by atoms with Gasteiger partial charge in [-0.2, -0.15) is 9.61 Å². The maximum absolute atomic E-state index is 14.7. The van der Waals surface area contributed by atoms with Crippen molar-refractivity contribution in [1.82, 2.24) is 29.5 Å². The minimum Gasteiger partial charge on any atom is -0.391 e. The van der Waals surface area contributed by atoms with Gasteiger partial charge in [0.1, 0.15) is 23.4 Å². The molecular weight excluding hydrogens is 465 g/mol. The Morgan fingerprint density at radius 2 is 2.14 bits per heavy atom. The minimum absolute atomic E-state index is 0.0787. The highest BCUT2D eigenvalue weighted by Crippen LogP contribution is 2.37. The van der Waals surface area contributed by atoms with E-state index in [0.29, 0.717) is 48.0 Å². The average molecular weight is 494 g/mol. The molecule has 1 aliphatic carbocycles. The first-order valence-corrected chi connectivity index (χ1v) is 12.3. The van der Waals surface area contributed by atoms with E-state index in [1.807, 2.05) is 29.0 Å². The maximum atomic E-state index is 14.7. The summed E-state index contributed by atoms with van der Waals surface area (Å²) in [4.78, 5) is 22.5. The van der Waals surface area contributed by atoms with E-state index in [9.17, 15) is 14.3 Å². The molecule has 3 N–H and O–H groups in total. The third kappa shape index (κ3) is 3.79. The van der Waals surface area contributed by atoms with Crippen LogP contribution in [-0.2, 0) is 4.74 Å². The van der Waals surface area contributed by atoms with Crippen LogP contribution in [0.15, 0.2) is 36.8 Å². The molecule has 2 fully saturated rings. The van der Waals surface area contributed by atoms with Gasteiger partial charge in [-0.1, -0.05) is 0 Å². The maximum Gasteiger partial charge on any atom is 0.257 e. The predicted octanol–water partition coefficient (Wildman–Crippen LogP) is 2.68. The smallest absolute Gasteiger partial charge is 0.257 e. The fourth-order valence-electron chi connectivity index (χ4n) is 5.33. The fraction of sp³-hybridized carbons (Fsp3) is 0.440. The number of alkyl halides is 1. The number of aromatic nitrogens is 5. The summed E-state index contributed by atoms with van der Waals surface area (Å²) >= 11 is 0. The second-order valence-corrected chi connectivity index (χ2v) is 9.42. The van der Waals surface area contributed by atoms with Crippen molar-refractivity contribution in [3.8, 4) is 22.6 Å². The molecule has 11 heteroatoms. The molecule has 0 unspecified atom stereocenters. The molecule has 1 amide bonds. The van der Waals surface area contributed by atoms with Crippen LogP contribution in [0.1, 0.15) is 42.1 Å². The van der Waals surface area contributed by atoms with E-state index >= 15 is 0 Å². The third-order valence-electron chi connectivity index (χ3n) is 7.26. The van der Waals surface area contributed by atoms with Gasteiger partial charge >= 0.3 is 0 Å². The van der Waals surface area contributed by atoms with Crippen LogP contribution in [0.4, 0.5) is 10.2 Å². The van der Waals surface area contributed by atoms with Crippen molar-refractivity contribution < 1.29 is 19.0 Å². The number of fused-ring (bicyclic) bond motifs is 2. The molecule has 2 aromatic rings. The lowest BCUT2D eigenvalue weighted by atomic mass is 10.0. The number of nitrogens with one attached hydrogen (secondary N) is 2. The molecule has 3 aliphatic heterocycles. The van der Waals surface area contributed by atoms with Crippen molar-refractivity contribution in [1.29, 1.82) is 0 Å². The van der Waals surface area contributed by atoms with Crippen LogP contribution in [0.2, 0.25) is 0 Å². The standard InChI is InChI=1S/C25H28FN7O3/c1-27-22-10-19(30-24-16(12-29-33(22)24)25(35)31-18-5-2-6-21(18)34)15-11-28-23-14(15)4-3-8-32(23)20-7-9-36-13-17(20)26/h3-4,8,10-12,17-18,20-21,27,34H,2,5-7,9,13H2,1H3,(H,31,35)/t17-,18+,20+,21-/m0/s1. The zero-order chi connectivity index (χ0) is 24.8. The number of halogens is 1. The van der Waals surface area contributed by atoms with Gasteiger partial charge < -0.3 is 25.0 Å². The number of anilines is 1. The zero-order valence-electron chi connectivity index (χ0n) is 19.9. The molecule has 1 saturated heterocycles. The highest BCUT2D eigenvalue weighted by Gasteiger charge is 2.31. The van der Waals surface area contributed by atoms with Crippen molar-refractivity contribution >= 4 is 17.4 Å². The van der Waals surface area contributed by atoms with Crippen LogP contribution in [0.25, 0.3) is 28.3 Å². The van der Waals surface area contributed by atoms with Gasteiger partial charge in [0.15, 0.2) is 5.65 Å². The SMILES string of the molecule is CNc1cc(-c2cnc3n([C@@H]4CCOC[C@@H]4F)cccc2-3)nc2c(C(=O)N[C@@H]3CCC[C@@H]3O)cnn12. The second-order valence-electron chi connectivity index (χ2n) is 9.42. The third-order valence-corrected chi connectivity index (χ3v) is 7.26. The Hall–Kier alpha value is -3.57. The van der Waals surface area contributed by atoms with Crippen molar-refractivity contribution in [2.24, 2.45) is 0 Å². The Morgan fingerprint density at radius 1 is 1.25 bits per heavy atom. The molecule has 5 heterocycles. The summed E-state index contributed by atoms with van der Waals surface area (Å²) in [6.45, 7) is 0.588. The van der Waals surface area contributed by atoms with Crippen LogP contribution in [-0.4, -0.2) is 73.7 Å². The highest BCUT2D eigenvalue weighted by atomic mass is 19.1. The van der Waals surface area contributed by atoms with Crippen LogP contribution >= 0.6 is 0 Å². The van der Waals surface area contributed by atoms with Gasteiger partial charge in [-0.3, -0.25) is 4.79 Å². The molecule has 10 nitrogen and oxygen atoms in total. The van der Waals surface area contributed by atoms with Gasteiger partial charge in [-0.25, -0.2) is 14.4 Å². The summed E-state index contributed by atoms with van der Waals surface area (Å²) < 4.78 is 23.4. The van der Waals surface area contributed by atoms with E-state index < -0.39 is 12.3 Å². The molecule has 2 aromatic heterocycles. The number of aliphatic hydroxyl groups excluding tert-OH is 1. The second kappa shape index (κ2) is 9.14. The Bertz CT molecular complexity index is 1390. The van der Waals surface area contributed by atoms with E-state index in [-0.39, 0.29) is 24.6 Å². The molecule has 4 atom stereocenters. The summed E-state index contributed by atoms with van der Waals surface area (Å²) in [7, 11) is 1.77. The van der Waals surface area contributed by atoms with Gasteiger partial charge in [0, 0.05) is 43.2 Å². The van der Waals surface area contributed by atoms with Gasteiger partial charge in [0.2, 0.25) is 0 Å². The lowest BCUT2D eigenvalue weighted by Crippen LogP contribution is -2.39. The monoisotopic (exact) mass is 493 g/mol. The number of carbonyl (C=O) groups is 1. The highest BCUT2D eigenvalue weighted by molar-refractivity contribution is 6.00. The number of hydrogen-bond donors (Lipinski definition) is 3. The zero-order valence-corrected chi connectivity index (χ0v) is 19.9. The molecule has 1 saturated carbocycles. The molecule has 0 bridgehead atoms. The topological polar surface area (TPSA) is 119 Å². The molecule has 6 rings (SSSR count). The van der Waals surface area contributed by atoms with E-state index in [1.54, 1.807) is 17.8 Å². The quantitative estimate of drug-likeness (QED) is 0.391. The van der Waals surface area contributed by atoms with E-state index in [0.717, 1.165) is 24.0 Å². The van der Waals surface area contributed by atoms with Gasteiger partial charge in [-0.05, 0) is 37.8 Å². The van der Waals surface area contributed by atoms with Crippen molar-refractivity contribution in [3.63, 3.8) is 0 Å². The lowest BCUT2D eigenvalue weighted by Gasteiger charge is -2.29. The largest absolute Gasteiger partial charge is 0.391 e. The summed E-state index contributed by atoms with van der Waals surface area (Å²) in [5.41, 5.74) is 2.96. The Balaban J connectivity index is 1.39. The summed E-state index contributed by atoms with van der Waals surface area (Å²) in [6.07, 6.45) is 6.31. The predicted molar refractivity (Wildman–Crippen MR) is 131 cm³/mol. The lowest BCUT2D eigenvalue weighted by molar-refractivity contribution is 0.00346. The minimum atomic E-state index is -1.11. The van der Waals surface area contributed by atoms with Gasteiger partial charge in [-0.15, -0.1) is 0 Å². The molecular formula is C25H28FN7O3. The number of nitrogens with zero attached hydrogens (tertiary/aromatic N) is 5. The van der Waals surface area contributed by atoms with Gasteiger partial charge in [0.05, 0.1) is 36.7 Å². The van der Waals surface area contributed by atoms with E-state index in [4.69, 9.17) is 9.72 Å². The molecule has 188 valence electrons. The molecule has 4 aliphatic rings. The molecule has 0 radical (unpaired) electrons. The number of hydrogen-bond acceptors (Lipinski definition) is 7. The Labute approximate surface area is 206 Å². The van der Waals surface area contributed by atoms with Crippen LogP contribution in [0.3, 0.4) is 0 Å². The molecule has 36 heavy (non-hydrogen) atoms. The number of carbonyl (C=O) groups excluding carboxylic acids is 1. The van der Waals surface area contributed by atoms with Crippen molar-refractivity contribution in [2.75, 3.05) is 25.6 Å². The number of amides is 1. The molecule has 0 spiro atoms. The number of aliphatic hydroxyl groups is 1. The van der Waals surface area contributed by atoms with Crippen LogP contribution in [0.5, 0.6) is 0 Å². The van der Waals surface area contributed by atoms with Crippen molar-refractivity contribution in [3.05, 3.63) is 42.4 Å².